The number of nitrogens with one attached hydrogen (secondary N) is 1. The molecule has 112 valence electrons. The Morgan fingerprint density at radius 3 is 2.81 bits per heavy atom. The zero-order valence-electron chi connectivity index (χ0n) is 11.9. The Morgan fingerprint density at radius 1 is 1.29 bits per heavy atom. The van der Waals surface area contributed by atoms with Gasteiger partial charge in [0.25, 0.3) is 0 Å². The van der Waals surface area contributed by atoms with Gasteiger partial charge in [0, 0.05) is 35.5 Å². The van der Waals surface area contributed by atoms with Crippen molar-refractivity contribution in [2.45, 2.75) is 26.4 Å². The van der Waals surface area contributed by atoms with E-state index < -0.39 is 0 Å². The molecule has 0 saturated carbocycles. The number of rotatable bonds is 5. The van der Waals surface area contributed by atoms with E-state index in [0.29, 0.717) is 19.8 Å². The van der Waals surface area contributed by atoms with Crippen molar-refractivity contribution in [2.75, 3.05) is 18.5 Å². The van der Waals surface area contributed by atoms with Crippen molar-refractivity contribution < 1.29 is 9.47 Å². The zero-order valence-corrected chi connectivity index (χ0v) is 13.5. The molecule has 0 spiro atoms. The van der Waals surface area contributed by atoms with Crippen LogP contribution in [0.4, 0.5) is 5.69 Å². The van der Waals surface area contributed by atoms with Crippen LogP contribution >= 0.6 is 15.9 Å². The topological polar surface area (TPSA) is 48.3 Å². The highest BCUT2D eigenvalue weighted by atomic mass is 79.9. The lowest BCUT2D eigenvalue weighted by Gasteiger charge is -2.20. The highest BCUT2D eigenvalue weighted by Gasteiger charge is 2.15. The van der Waals surface area contributed by atoms with Crippen molar-refractivity contribution in [3.8, 4) is 11.5 Å². The molecular weight excluding hydrogens is 334 g/mol. The van der Waals surface area contributed by atoms with Crippen molar-refractivity contribution in [2.24, 2.45) is 0 Å². The van der Waals surface area contributed by atoms with Crippen LogP contribution in [0.1, 0.15) is 19.2 Å². The zero-order chi connectivity index (χ0) is 14.7. The monoisotopic (exact) mass is 351 g/mol. The first-order valence-electron chi connectivity index (χ1n) is 7.11. The van der Waals surface area contributed by atoms with Gasteiger partial charge in [-0.25, -0.2) is 4.98 Å². The fourth-order valence-corrected chi connectivity index (χ4v) is 2.79. The SMILES string of the molecule is CCCn1ccnc1CNc1cc2c(cc1Br)OCCO2. The second-order valence-electron chi connectivity index (χ2n) is 4.87. The molecule has 0 atom stereocenters. The molecule has 5 nitrogen and oxygen atoms in total. The molecule has 1 aromatic carbocycles. The second kappa shape index (κ2) is 6.39. The van der Waals surface area contributed by atoms with E-state index in [2.05, 4.69) is 37.7 Å². The normalized spacial score (nSPS) is 13.2. The van der Waals surface area contributed by atoms with Gasteiger partial charge in [-0.05, 0) is 22.4 Å². The summed E-state index contributed by atoms with van der Waals surface area (Å²) in [6.07, 6.45) is 4.95. The summed E-state index contributed by atoms with van der Waals surface area (Å²) in [5.74, 6) is 2.59. The number of hydrogen-bond donors (Lipinski definition) is 1. The summed E-state index contributed by atoms with van der Waals surface area (Å²) in [5.41, 5.74) is 0.977. The van der Waals surface area contributed by atoms with Crippen molar-refractivity contribution in [3.63, 3.8) is 0 Å². The molecule has 0 aliphatic carbocycles. The summed E-state index contributed by atoms with van der Waals surface area (Å²) < 4.78 is 14.3. The summed E-state index contributed by atoms with van der Waals surface area (Å²) in [4.78, 5) is 4.40. The van der Waals surface area contributed by atoms with E-state index in [1.807, 2.05) is 24.5 Å². The van der Waals surface area contributed by atoms with Crippen molar-refractivity contribution in [3.05, 3.63) is 34.8 Å². The third kappa shape index (κ3) is 3.15. The molecule has 2 heterocycles. The molecule has 1 N–H and O–H groups in total. The molecule has 1 aromatic heterocycles. The number of imidazole rings is 1. The Kier molecular flexibility index (Phi) is 4.34. The quantitative estimate of drug-likeness (QED) is 0.896. The molecule has 6 heteroatoms. The van der Waals surface area contributed by atoms with Gasteiger partial charge in [-0.2, -0.15) is 0 Å². The maximum Gasteiger partial charge on any atom is 0.163 e. The predicted molar refractivity (Wildman–Crippen MR) is 85.0 cm³/mol. The van der Waals surface area contributed by atoms with E-state index in [1.165, 1.54) is 0 Å². The molecule has 0 saturated heterocycles. The molecule has 0 bridgehead atoms. The summed E-state index contributed by atoms with van der Waals surface area (Å²) >= 11 is 3.56. The van der Waals surface area contributed by atoms with Gasteiger partial charge in [0.2, 0.25) is 0 Å². The molecule has 1 aliphatic heterocycles. The van der Waals surface area contributed by atoms with E-state index in [-0.39, 0.29) is 0 Å². The Morgan fingerprint density at radius 2 is 2.05 bits per heavy atom. The lowest BCUT2D eigenvalue weighted by Crippen LogP contribution is -2.16. The molecule has 0 unspecified atom stereocenters. The Hall–Kier alpha value is -1.69. The standard InChI is InChI=1S/C15H18BrN3O2/c1-2-4-19-5-3-17-15(19)10-18-12-9-14-13(8-11(12)16)20-6-7-21-14/h3,5,8-9,18H,2,4,6-7,10H2,1H3. The first-order valence-corrected chi connectivity index (χ1v) is 7.90. The third-order valence-electron chi connectivity index (χ3n) is 3.34. The maximum absolute atomic E-state index is 5.61. The first-order chi connectivity index (χ1) is 10.3. The lowest BCUT2D eigenvalue weighted by molar-refractivity contribution is 0.171. The first kappa shape index (κ1) is 14.3. The molecule has 0 fully saturated rings. The highest BCUT2D eigenvalue weighted by Crippen LogP contribution is 2.38. The highest BCUT2D eigenvalue weighted by molar-refractivity contribution is 9.10. The largest absolute Gasteiger partial charge is 0.486 e. The van der Waals surface area contributed by atoms with Crippen molar-refractivity contribution in [1.82, 2.24) is 9.55 Å². The van der Waals surface area contributed by atoms with Gasteiger partial charge in [0.1, 0.15) is 19.0 Å². The minimum atomic E-state index is 0.592. The van der Waals surface area contributed by atoms with E-state index >= 15 is 0 Å². The predicted octanol–water partition coefficient (Wildman–Crippen LogP) is 3.44. The summed E-state index contributed by atoms with van der Waals surface area (Å²) in [7, 11) is 0. The molecule has 0 amide bonds. The molecule has 0 radical (unpaired) electrons. The fourth-order valence-electron chi connectivity index (χ4n) is 2.33. The van der Waals surface area contributed by atoms with Crippen LogP contribution < -0.4 is 14.8 Å². The van der Waals surface area contributed by atoms with Crippen LogP contribution in [-0.2, 0) is 13.1 Å². The molecular formula is C15H18BrN3O2. The average molecular weight is 352 g/mol. The smallest absolute Gasteiger partial charge is 0.163 e. The Balaban J connectivity index is 1.74. The van der Waals surface area contributed by atoms with Gasteiger partial charge in [-0.3, -0.25) is 0 Å². The van der Waals surface area contributed by atoms with Crippen LogP contribution in [0.5, 0.6) is 11.5 Å². The molecule has 21 heavy (non-hydrogen) atoms. The number of nitrogens with zero attached hydrogens (tertiary/aromatic N) is 2. The minimum Gasteiger partial charge on any atom is -0.486 e. The van der Waals surface area contributed by atoms with Crippen LogP contribution in [-0.4, -0.2) is 22.8 Å². The second-order valence-corrected chi connectivity index (χ2v) is 5.72. The number of aromatic nitrogens is 2. The lowest BCUT2D eigenvalue weighted by atomic mass is 10.2. The van der Waals surface area contributed by atoms with Crippen LogP contribution in [0, 0.1) is 0 Å². The van der Waals surface area contributed by atoms with Gasteiger partial charge < -0.3 is 19.4 Å². The van der Waals surface area contributed by atoms with Crippen LogP contribution in [0.25, 0.3) is 0 Å². The Labute approximate surface area is 132 Å². The van der Waals surface area contributed by atoms with Gasteiger partial charge in [-0.15, -0.1) is 0 Å². The summed E-state index contributed by atoms with van der Waals surface area (Å²) in [5, 5.41) is 3.40. The minimum absolute atomic E-state index is 0.592. The van der Waals surface area contributed by atoms with E-state index in [4.69, 9.17) is 9.47 Å². The number of ether oxygens (including phenoxy) is 2. The number of hydrogen-bond acceptors (Lipinski definition) is 4. The van der Waals surface area contributed by atoms with Crippen LogP contribution in [0.3, 0.4) is 0 Å². The summed E-state index contributed by atoms with van der Waals surface area (Å²) in [6, 6.07) is 3.90. The number of aryl methyl sites for hydroxylation is 1. The van der Waals surface area contributed by atoms with Crippen LogP contribution in [0.2, 0.25) is 0 Å². The van der Waals surface area contributed by atoms with Gasteiger partial charge in [0.05, 0.1) is 12.2 Å². The average Bonchev–Trinajstić information content (AvgIpc) is 2.93. The van der Waals surface area contributed by atoms with Gasteiger partial charge >= 0.3 is 0 Å². The molecule has 3 rings (SSSR count). The number of halogens is 1. The summed E-state index contributed by atoms with van der Waals surface area (Å²) in [6.45, 7) is 5.01. The fraction of sp³-hybridized carbons (Fsp3) is 0.400. The van der Waals surface area contributed by atoms with Crippen molar-refractivity contribution in [1.29, 1.82) is 0 Å². The molecule has 1 aliphatic rings. The third-order valence-corrected chi connectivity index (χ3v) is 3.99. The van der Waals surface area contributed by atoms with Crippen molar-refractivity contribution >= 4 is 21.6 Å². The van der Waals surface area contributed by atoms with E-state index in [0.717, 1.165) is 40.4 Å². The van der Waals surface area contributed by atoms with Gasteiger partial charge in [0.15, 0.2) is 11.5 Å². The van der Waals surface area contributed by atoms with E-state index in [1.54, 1.807) is 0 Å². The number of fused-ring (bicyclic) bond motifs is 1. The van der Waals surface area contributed by atoms with E-state index in [9.17, 15) is 0 Å². The van der Waals surface area contributed by atoms with Crippen LogP contribution in [0.15, 0.2) is 29.0 Å². The number of anilines is 1. The molecule has 2 aromatic rings. The Bertz CT molecular complexity index is 627. The van der Waals surface area contributed by atoms with Gasteiger partial charge in [-0.1, -0.05) is 6.92 Å². The maximum atomic E-state index is 5.61. The number of benzene rings is 1.